The second-order valence-corrected chi connectivity index (χ2v) is 8.65. The fourth-order valence-electron chi connectivity index (χ4n) is 3.55. The van der Waals surface area contributed by atoms with E-state index in [4.69, 9.17) is 11.6 Å². The van der Waals surface area contributed by atoms with E-state index in [1.807, 2.05) is 38.3 Å². The summed E-state index contributed by atoms with van der Waals surface area (Å²) in [5.74, 6) is 0.434. The highest BCUT2D eigenvalue weighted by Gasteiger charge is 2.22. The van der Waals surface area contributed by atoms with E-state index in [0.717, 1.165) is 33.6 Å². The third kappa shape index (κ3) is 4.50. The topological polar surface area (TPSA) is 76.8 Å². The lowest BCUT2D eigenvalue weighted by Crippen LogP contribution is -2.24. The van der Waals surface area contributed by atoms with Crippen LogP contribution in [0.5, 0.6) is 0 Å². The predicted molar refractivity (Wildman–Crippen MR) is 123 cm³/mol. The predicted octanol–water partition coefficient (Wildman–Crippen LogP) is 5.11. The maximum atomic E-state index is 12.5. The number of carbonyl (C=O) groups is 1. The Kier molecular flexibility index (Phi) is 5.84. The van der Waals surface area contributed by atoms with Crippen LogP contribution in [0, 0.1) is 20.8 Å². The number of benzene rings is 2. The van der Waals surface area contributed by atoms with Gasteiger partial charge in [-0.15, -0.1) is 21.5 Å². The van der Waals surface area contributed by atoms with Gasteiger partial charge in [-0.1, -0.05) is 29.3 Å². The van der Waals surface area contributed by atoms with E-state index in [2.05, 4.69) is 32.5 Å². The van der Waals surface area contributed by atoms with Gasteiger partial charge in [-0.3, -0.25) is 9.69 Å². The zero-order chi connectivity index (χ0) is 22.1. The van der Waals surface area contributed by atoms with E-state index < -0.39 is 0 Å². The van der Waals surface area contributed by atoms with Gasteiger partial charge in [0.25, 0.3) is 0 Å². The Morgan fingerprint density at radius 1 is 1.13 bits per heavy atom. The van der Waals surface area contributed by atoms with Gasteiger partial charge in [-0.2, -0.15) is 4.80 Å². The molecular formula is C22H21ClN6OS. The van der Waals surface area contributed by atoms with Crippen molar-refractivity contribution in [2.45, 2.75) is 34.2 Å². The van der Waals surface area contributed by atoms with Crippen molar-refractivity contribution >= 4 is 39.7 Å². The fourth-order valence-corrected chi connectivity index (χ4v) is 4.54. The summed E-state index contributed by atoms with van der Waals surface area (Å²) in [4.78, 5) is 20.4. The molecule has 158 valence electrons. The molecule has 0 spiro atoms. The molecule has 4 rings (SSSR count). The van der Waals surface area contributed by atoms with Gasteiger partial charge < -0.3 is 0 Å². The van der Waals surface area contributed by atoms with Gasteiger partial charge in [0.2, 0.25) is 11.7 Å². The molecule has 0 radical (unpaired) electrons. The molecule has 0 atom stereocenters. The third-order valence-electron chi connectivity index (χ3n) is 4.76. The van der Waals surface area contributed by atoms with Crippen molar-refractivity contribution < 1.29 is 4.79 Å². The lowest BCUT2D eigenvalue weighted by Gasteiger charge is -2.23. The van der Waals surface area contributed by atoms with Crippen LogP contribution in [0.3, 0.4) is 0 Å². The van der Waals surface area contributed by atoms with Crippen molar-refractivity contribution in [1.29, 1.82) is 0 Å². The largest absolute Gasteiger partial charge is 0.274 e. The van der Waals surface area contributed by atoms with Crippen molar-refractivity contribution in [3.05, 3.63) is 69.2 Å². The number of amides is 1. The number of hydrogen-bond acceptors (Lipinski definition) is 6. The second kappa shape index (κ2) is 8.56. The molecule has 0 bridgehead atoms. The molecule has 0 unspecified atom stereocenters. The number of aryl methyl sites for hydroxylation is 3. The fraction of sp³-hybridized carbons (Fsp3) is 0.227. The number of thiazole rings is 1. The standard InChI is InChI=1S/C22H21ClN6OS/c1-13-9-14(2)20(15(3)10-13)29(16(4)30)22-24-19(12-31-22)11-28-26-21(25-27-28)17-5-7-18(23)8-6-17/h5-10,12H,11H2,1-4H3. The maximum absolute atomic E-state index is 12.5. The summed E-state index contributed by atoms with van der Waals surface area (Å²) in [6.07, 6.45) is 0. The first-order valence-corrected chi connectivity index (χ1v) is 10.9. The lowest BCUT2D eigenvalue weighted by molar-refractivity contribution is -0.115. The SMILES string of the molecule is CC(=O)N(c1nc(Cn2nnc(-c3ccc(Cl)cc3)n2)cs1)c1c(C)cc(C)cc1C. The summed E-state index contributed by atoms with van der Waals surface area (Å²) in [7, 11) is 0. The Morgan fingerprint density at radius 3 is 2.45 bits per heavy atom. The molecule has 1 amide bonds. The van der Waals surface area contributed by atoms with Crippen molar-refractivity contribution in [3.63, 3.8) is 0 Å². The van der Waals surface area contributed by atoms with E-state index in [1.165, 1.54) is 16.1 Å². The van der Waals surface area contributed by atoms with Gasteiger partial charge >= 0.3 is 0 Å². The van der Waals surface area contributed by atoms with Gasteiger partial charge in [0.1, 0.15) is 6.54 Å². The van der Waals surface area contributed by atoms with Crippen molar-refractivity contribution in [2.24, 2.45) is 0 Å². The smallest absolute Gasteiger partial charge is 0.230 e. The summed E-state index contributed by atoms with van der Waals surface area (Å²) < 4.78 is 0. The van der Waals surface area contributed by atoms with Crippen molar-refractivity contribution in [1.82, 2.24) is 25.2 Å². The van der Waals surface area contributed by atoms with Crippen LogP contribution in [-0.2, 0) is 11.3 Å². The molecule has 31 heavy (non-hydrogen) atoms. The van der Waals surface area contributed by atoms with E-state index in [-0.39, 0.29) is 5.91 Å². The van der Waals surface area contributed by atoms with Gasteiger partial charge in [-0.05, 0) is 61.4 Å². The normalized spacial score (nSPS) is 11.0. The summed E-state index contributed by atoms with van der Waals surface area (Å²) in [5.41, 5.74) is 5.71. The van der Waals surface area contributed by atoms with Crippen LogP contribution in [0.1, 0.15) is 29.3 Å². The molecule has 0 saturated carbocycles. The molecule has 2 aromatic heterocycles. The number of nitrogens with zero attached hydrogens (tertiary/aromatic N) is 6. The molecular weight excluding hydrogens is 432 g/mol. The average molecular weight is 453 g/mol. The molecule has 9 heteroatoms. The van der Waals surface area contributed by atoms with Crippen LogP contribution >= 0.6 is 22.9 Å². The summed E-state index contributed by atoms with van der Waals surface area (Å²) in [6, 6.07) is 11.4. The zero-order valence-electron chi connectivity index (χ0n) is 17.6. The first-order valence-electron chi connectivity index (χ1n) is 9.68. The third-order valence-corrected chi connectivity index (χ3v) is 5.89. The highest BCUT2D eigenvalue weighted by atomic mass is 35.5. The summed E-state index contributed by atoms with van der Waals surface area (Å²) >= 11 is 7.35. The number of tetrazole rings is 1. The summed E-state index contributed by atoms with van der Waals surface area (Å²) in [5, 5.41) is 15.8. The highest BCUT2D eigenvalue weighted by molar-refractivity contribution is 7.14. The number of halogens is 1. The van der Waals surface area contributed by atoms with E-state index >= 15 is 0 Å². The van der Waals surface area contributed by atoms with Crippen LogP contribution in [0.2, 0.25) is 5.02 Å². The van der Waals surface area contributed by atoms with Crippen LogP contribution in [-0.4, -0.2) is 31.1 Å². The number of carbonyl (C=O) groups excluding carboxylic acids is 1. The first-order chi connectivity index (χ1) is 14.8. The molecule has 7 nitrogen and oxygen atoms in total. The zero-order valence-corrected chi connectivity index (χ0v) is 19.2. The number of hydrogen-bond donors (Lipinski definition) is 0. The Balaban J connectivity index is 1.59. The lowest BCUT2D eigenvalue weighted by atomic mass is 10.0. The molecule has 0 aliphatic carbocycles. The Hall–Kier alpha value is -3.10. The van der Waals surface area contributed by atoms with Crippen LogP contribution < -0.4 is 4.90 Å². The number of anilines is 2. The monoisotopic (exact) mass is 452 g/mol. The van der Waals surface area contributed by atoms with Gasteiger partial charge in [0.15, 0.2) is 5.13 Å². The summed E-state index contributed by atoms with van der Waals surface area (Å²) in [6.45, 7) is 7.98. The highest BCUT2D eigenvalue weighted by Crippen LogP contribution is 2.34. The molecule has 0 saturated heterocycles. The van der Waals surface area contributed by atoms with Crippen LogP contribution in [0.4, 0.5) is 10.8 Å². The van der Waals surface area contributed by atoms with E-state index in [9.17, 15) is 4.79 Å². The van der Waals surface area contributed by atoms with E-state index in [0.29, 0.717) is 22.5 Å². The first kappa shape index (κ1) is 21.1. The van der Waals surface area contributed by atoms with Crippen molar-refractivity contribution in [2.75, 3.05) is 4.90 Å². The van der Waals surface area contributed by atoms with Crippen molar-refractivity contribution in [3.8, 4) is 11.4 Å². The van der Waals surface area contributed by atoms with E-state index in [1.54, 1.807) is 24.0 Å². The quantitative estimate of drug-likeness (QED) is 0.420. The minimum absolute atomic E-state index is 0.0835. The molecule has 0 N–H and O–H groups in total. The van der Waals surface area contributed by atoms with Crippen LogP contribution in [0.15, 0.2) is 41.8 Å². The van der Waals surface area contributed by atoms with Gasteiger partial charge in [0, 0.05) is 22.9 Å². The molecule has 0 aliphatic heterocycles. The average Bonchev–Trinajstić information content (AvgIpc) is 3.35. The Bertz CT molecular complexity index is 1220. The number of aromatic nitrogens is 5. The molecule has 4 aromatic rings. The molecule has 2 heterocycles. The minimum Gasteiger partial charge on any atom is -0.274 e. The molecule has 0 fully saturated rings. The molecule has 0 aliphatic rings. The van der Waals surface area contributed by atoms with Crippen LogP contribution in [0.25, 0.3) is 11.4 Å². The molecule has 2 aromatic carbocycles. The minimum atomic E-state index is -0.0835. The van der Waals surface area contributed by atoms with Gasteiger partial charge in [-0.25, -0.2) is 4.98 Å². The number of rotatable bonds is 5. The Labute approximate surface area is 189 Å². The van der Waals surface area contributed by atoms with Gasteiger partial charge in [0.05, 0.1) is 11.4 Å². The second-order valence-electron chi connectivity index (χ2n) is 7.37. The maximum Gasteiger partial charge on any atom is 0.230 e. The Morgan fingerprint density at radius 2 is 1.81 bits per heavy atom.